The second-order valence-electron chi connectivity index (χ2n) is 5.83. The summed E-state index contributed by atoms with van der Waals surface area (Å²) in [5, 5.41) is 11.6. The molecule has 7 nitrogen and oxygen atoms in total. The van der Waals surface area contributed by atoms with E-state index < -0.39 is 0 Å². The summed E-state index contributed by atoms with van der Waals surface area (Å²) in [6.45, 7) is 0. The molecule has 0 saturated carbocycles. The lowest BCUT2D eigenvalue weighted by Crippen LogP contribution is -2.16. The number of benzene rings is 1. The normalized spacial score (nSPS) is 12.9. The van der Waals surface area contributed by atoms with Crippen molar-refractivity contribution in [1.82, 2.24) is 19.6 Å². The molecule has 0 radical (unpaired) electrons. The highest BCUT2D eigenvalue weighted by Crippen LogP contribution is 2.36. The number of anilines is 1. The van der Waals surface area contributed by atoms with Gasteiger partial charge >= 0.3 is 0 Å². The minimum atomic E-state index is -0.335. The molecule has 1 aliphatic heterocycles. The van der Waals surface area contributed by atoms with Gasteiger partial charge in [0.2, 0.25) is 5.88 Å². The van der Waals surface area contributed by atoms with Crippen molar-refractivity contribution in [2.75, 3.05) is 12.4 Å². The molecular formula is C17H16FN5O2S. The standard InChI is InChI=1S/C17H16FN5O2S/c1-22-7-12(17(21-22)25-2)16(24)19-15-13-8-26-9-14(13)20-23(15)11-5-3-10(18)4-6-11/h3-7H,8-9H2,1-2H3,(H,19,24). The first kappa shape index (κ1) is 16.6. The van der Waals surface area contributed by atoms with Crippen molar-refractivity contribution in [2.45, 2.75) is 11.5 Å². The van der Waals surface area contributed by atoms with E-state index in [9.17, 15) is 9.18 Å². The molecule has 26 heavy (non-hydrogen) atoms. The first-order valence-corrected chi connectivity index (χ1v) is 9.05. The predicted molar refractivity (Wildman–Crippen MR) is 96.2 cm³/mol. The molecular weight excluding hydrogens is 357 g/mol. The molecule has 0 fully saturated rings. The number of methoxy groups -OCH3 is 1. The summed E-state index contributed by atoms with van der Waals surface area (Å²) in [6.07, 6.45) is 1.60. The smallest absolute Gasteiger partial charge is 0.263 e. The van der Waals surface area contributed by atoms with E-state index in [0.717, 1.165) is 22.8 Å². The number of nitrogens with zero attached hydrogens (tertiary/aromatic N) is 4. The highest BCUT2D eigenvalue weighted by molar-refractivity contribution is 7.98. The topological polar surface area (TPSA) is 74.0 Å². The number of aryl methyl sites for hydroxylation is 1. The van der Waals surface area contributed by atoms with Crippen LogP contribution in [0.25, 0.3) is 5.69 Å². The van der Waals surface area contributed by atoms with Crippen molar-refractivity contribution in [3.63, 3.8) is 0 Å². The fourth-order valence-corrected chi connectivity index (χ4v) is 3.89. The Balaban J connectivity index is 1.73. The van der Waals surface area contributed by atoms with E-state index in [1.54, 1.807) is 41.8 Å². The Morgan fingerprint density at radius 2 is 2.04 bits per heavy atom. The van der Waals surface area contributed by atoms with E-state index in [1.165, 1.54) is 23.9 Å². The Morgan fingerprint density at radius 3 is 2.77 bits per heavy atom. The van der Waals surface area contributed by atoms with E-state index in [-0.39, 0.29) is 17.6 Å². The van der Waals surface area contributed by atoms with E-state index in [2.05, 4.69) is 15.5 Å². The van der Waals surface area contributed by atoms with Crippen LogP contribution in [-0.2, 0) is 18.6 Å². The quantitative estimate of drug-likeness (QED) is 0.761. The van der Waals surface area contributed by atoms with Crippen molar-refractivity contribution in [3.8, 4) is 11.6 Å². The molecule has 0 saturated heterocycles. The van der Waals surface area contributed by atoms with Crippen molar-refractivity contribution in [1.29, 1.82) is 0 Å². The number of hydrogen-bond donors (Lipinski definition) is 1. The van der Waals surface area contributed by atoms with E-state index in [1.807, 2.05) is 0 Å². The largest absolute Gasteiger partial charge is 0.479 e. The Labute approximate surface area is 153 Å². The number of fused-ring (bicyclic) bond motifs is 1. The van der Waals surface area contributed by atoms with Gasteiger partial charge in [0.05, 0.1) is 18.5 Å². The molecule has 134 valence electrons. The monoisotopic (exact) mass is 373 g/mol. The lowest BCUT2D eigenvalue weighted by Gasteiger charge is -2.11. The number of carbonyl (C=O) groups is 1. The Bertz CT molecular complexity index is 980. The molecule has 1 amide bonds. The van der Waals surface area contributed by atoms with Crippen LogP contribution in [0.1, 0.15) is 21.6 Å². The molecule has 3 heterocycles. The zero-order chi connectivity index (χ0) is 18.3. The molecule has 1 aliphatic rings. The van der Waals surface area contributed by atoms with Gasteiger partial charge in [0, 0.05) is 30.3 Å². The van der Waals surface area contributed by atoms with Gasteiger partial charge < -0.3 is 10.1 Å². The summed E-state index contributed by atoms with van der Waals surface area (Å²) in [7, 11) is 3.19. The van der Waals surface area contributed by atoms with Crippen molar-refractivity contribution in [2.24, 2.45) is 7.05 Å². The summed E-state index contributed by atoms with van der Waals surface area (Å²) >= 11 is 1.74. The highest BCUT2D eigenvalue weighted by atomic mass is 32.2. The highest BCUT2D eigenvalue weighted by Gasteiger charge is 2.26. The number of hydrogen-bond acceptors (Lipinski definition) is 5. The third kappa shape index (κ3) is 2.84. The third-order valence-electron chi connectivity index (χ3n) is 4.09. The van der Waals surface area contributed by atoms with E-state index in [4.69, 9.17) is 4.74 Å². The van der Waals surface area contributed by atoms with Crippen LogP contribution in [0.4, 0.5) is 10.2 Å². The van der Waals surface area contributed by atoms with Gasteiger partial charge in [-0.3, -0.25) is 9.48 Å². The summed E-state index contributed by atoms with van der Waals surface area (Å²) in [4.78, 5) is 12.8. The van der Waals surface area contributed by atoms with Gasteiger partial charge in [-0.15, -0.1) is 5.10 Å². The third-order valence-corrected chi connectivity index (χ3v) is 5.06. The lowest BCUT2D eigenvalue weighted by atomic mass is 10.2. The fraction of sp³-hybridized carbons (Fsp3) is 0.235. The fourth-order valence-electron chi connectivity index (χ4n) is 2.86. The van der Waals surface area contributed by atoms with Crippen LogP contribution in [0.3, 0.4) is 0 Å². The van der Waals surface area contributed by atoms with Crippen molar-refractivity contribution in [3.05, 3.63) is 53.1 Å². The van der Waals surface area contributed by atoms with Crippen molar-refractivity contribution < 1.29 is 13.9 Å². The van der Waals surface area contributed by atoms with Gasteiger partial charge in [-0.2, -0.15) is 16.9 Å². The number of nitrogens with one attached hydrogen (secondary N) is 1. The van der Waals surface area contributed by atoms with Gasteiger partial charge in [0.1, 0.15) is 17.2 Å². The second kappa shape index (κ2) is 6.49. The summed E-state index contributed by atoms with van der Waals surface area (Å²) < 4.78 is 21.6. The minimum absolute atomic E-state index is 0.254. The maximum atomic E-state index is 13.3. The Morgan fingerprint density at radius 1 is 1.27 bits per heavy atom. The molecule has 3 aromatic rings. The molecule has 2 aromatic heterocycles. The number of thioether (sulfide) groups is 1. The number of halogens is 1. The molecule has 0 spiro atoms. The Kier molecular flexibility index (Phi) is 4.15. The molecule has 9 heteroatoms. The molecule has 1 N–H and O–H groups in total. The average Bonchev–Trinajstić information content (AvgIpc) is 3.31. The zero-order valence-electron chi connectivity index (χ0n) is 14.2. The first-order valence-electron chi connectivity index (χ1n) is 7.90. The number of amides is 1. The van der Waals surface area contributed by atoms with Gasteiger partial charge in [-0.1, -0.05) is 0 Å². The lowest BCUT2D eigenvalue weighted by molar-refractivity contribution is 0.102. The molecule has 0 bridgehead atoms. The zero-order valence-corrected chi connectivity index (χ0v) is 15.0. The van der Waals surface area contributed by atoms with Crippen LogP contribution in [0, 0.1) is 5.82 Å². The maximum Gasteiger partial charge on any atom is 0.263 e. The summed E-state index contributed by atoms with van der Waals surface area (Å²) in [6, 6.07) is 6.00. The summed E-state index contributed by atoms with van der Waals surface area (Å²) in [5.74, 6) is 1.72. The average molecular weight is 373 g/mol. The predicted octanol–water partition coefficient (Wildman–Crippen LogP) is 2.75. The van der Waals surface area contributed by atoms with Crippen LogP contribution in [-0.4, -0.2) is 32.6 Å². The molecule has 0 aliphatic carbocycles. The van der Waals surface area contributed by atoms with Gasteiger partial charge in [-0.25, -0.2) is 9.07 Å². The number of rotatable bonds is 4. The van der Waals surface area contributed by atoms with Gasteiger partial charge in [-0.05, 0) is 24.3 Å². The van der Waals surface area contributed by atoms with Crippen LogP contribution < -0.4 is 10.1 Å². The van der Waals surface area contributed by atoms with Gasteiger partial charge in [0.15, 0.2) is 0 Å². The van der Waals surface area contributed by atoms with Crippen LogP contribution in [0.15, 0.2) is 30.5 Å². The number of carbonyl (C=O) groups excluding carboxylic acids is 1. The first-order chi connectivity index (χ1) is 12.6. The minimum Gasteiger partial charge on any atom is -0.479 e. The SMILES string of the molecule is COc1nn(C)cc1C(=O)Nc1c2c(nn1-c1ccc(F)cc1)CSC2. The second-order valence-corrected chi connectivity index (χ2v) is 6.82. The van der Waals surface area contributed by atoms with E-state index >= 15 is 0 Å². The molecule has 0 unspecified atom stereocenters. The molecule has 1 aromatic carbocycles. The Hall–Kier alpha value is -2.81. The van der Waals surface area contributed by atoms with Gasteiger partial charge in [0.25, 0.3) is 5.91 Å². The van der Waals surface area contributed by atoms with Crippen LogP contribution in [0.2, 0.25) is 0 Å². The van der Waals surface area contributed by atoms with Crippen LogP contribution in [0.5, 0.6) is 5.88 Å². The molecule has 0 atom stereocenters. The van der Waals surface area contributed by atoms with Crippen molar-refractivity contribution >= 4 is 23.5 Å². The number of aromatic nitrogens is 4. The molecule has 4 rings (SSSR count). The van der Waals surface area contributed by atoms with E-state index in [0.29, 0.717) is 17.1 Å². The summed E-state index contributed by atoms with van der Waals surface area (Å²) in [5.41, 5.74) is 2.92. The van der Waals surface area contributed by atoms with Crippen LogP contribution >= 0.6 is 11.8 Å². The number of ether oxygens (including phenoxy) is 1. The maximum absolute atomic E-state index is 13.3.